The Morgan fingerprint density at radius 1 is 1.14 bits per heavy atom. The van der Waals surface area contributed by atoms with E-state index in [1.54, 1.807) is 12.4 Å². The van der Waals surface area contributed by atoms with Crippen molar-refractivity contribution in [3.63, 3.8) is 0 Å². The highest BCUT2D eigenvalue weighted by Crippen LogP contribution is 2.38. The van der Waals surface area contributed by atoms with Gasteiger partial charge in [-0.05, 0) is 41.5 Å². The van der Waals surface area contributed by atoms with Gasteiger partial charge in [-0.2, -0.15) is 0 Å². The van der Waals surface area contributed by atoms with Crippen LogP contribution in [0.4, 0.5) is 5.69 Å². The fraction of sp³-hybridized carbons (Fsp3) is 0.217. The highest BCUT2D eigenvalue weighted by atomic mass is 16.5. The summed E-state index contributed by atoms with van der Waals surface area (Å²) in [5, 5.41) is 3.01. The molecule has 3 aromatic rings. The maximum atomic E-state index is 12.5. The molecule has 1 aliphatic heterocycles. The Balaban J connectivity index is 1.43. The Morgan fingerprint density at radius 2 is 1.93 bits per heavy atom. The summed E-state index contributed by atoms with van der Waals surface area (Å²) in [5.74, 6) is 0.820. The van der Waals surface area contributed by atoms with E-state index in [0.29, 0.717) is 12.1 Å². The topological polar surface area (TPSA) is 54.5 Å². The Morgan fingerprint density at radius 3 is 2.71 bits per heavy atom. The van der Waals surface area contributed by atoms with Gasteiger partial charge in [0.15, 0.2) is 0 Å². The first-order valence-electron chi connectivity index (χ1n) is 9.36. The zero-order chi connectivity index (χ0) is 19.5. The molecule has 5 heteroatoms. The number of pyridine rings is 1. The molecule has 1 amide bonds. The Hall–Kier alpha value is -3.34. The molecule has 2 heterocycles. The Labute approximate surface area is 165 Å². The van der Waals surface area contributed by atoms with Crippen LogP contribution in [-0.4, -0.2) is 37.6 Å². The van der Waals surface area contributed by atoms with Crippen molar-refractivity contribution in [2.24, 2.45) is 0 Å². The van der Waals surface area contributed by atoms with Crippen LogP contribution in [-0.2, 0) is 6.42 Å². The number of aromatic nitrogens is 1. The number of benzene rings is 2. The number of fused-ring (bicyclic) bond motifs is 1. The summed E-state index contributed by atoms with van der Waals surface area (Å²) in [5.41, 5.74) is 4.96. The van der Waals surface area contributed by atoms with E-state index in [1.165, 1.54) is 5.56 Å². The number of carbonyl (C=O) groups is 1. The monoisotopic (exact) mass is 373 g/mol. The van der Waals surface area contributed by atoms with E-state index in [-0.39, 0.29) is 12.0 Å². The number of amides is 1. The lowest BCUT2D eigenvalue weighted by Gasteiger charge is -2.15. The minimum Gasteiger partial charge on any atom is -0.487 e. The maximum absolute atomic E-state index is 12.5. The fourth-order valence-corrected chi connectivity index (χ4v) is 3.44. The Kier molecular flexibility index (Phi) is 4.98. The second kappa shape index (κ2) is 7.72. The van der Waals surface area contributed by atoms with Crippen LogP contribution in [0.15, 0.2) is 67.0 Å². The van der Waals surface area contributed by atoms with Crippen molar-refractivity contribution >= 4 is 11.6 Å². The van der Waals surface area contributed by atoms with Crippen molar-refractivity contribution in [3.8, 4) is 16.9 Å². The molecule has 0 fully saturated rings. The molecule has 1 unspecified atom stereocenters. The molecule has 1 aliphatic rings. The van der Waals surface area contributed by atoms with Crippen LogP contribution in [0.3, 0.4) is 0 Å². The van der Waals surface area contributed by atoms with Crippen LogP contribution < -0.4 is 15.0 Å². The summed E-state index contributed by atoms with van der Waals surface area (Å²) in [6, 6.07) is 17.7. The van der Waals surface area contributed by atoms with E-state index < -0.39 is 0 Å². The molecule has 28 heavy (non-hydrogen) atoms. The minimum atomic E-state index is -0.0855. The molecule has 5 nitrogen and oxygen atoms in total. The van der Waals surface area contributed by atoms with E-state index in [2.05, 4.69) is 22.4 Å². The number of hydrogen-bond acceptors (Lipinski definition) is 4. The van der Waals surface area contributed by atoms with E-state index in [9.17, 15) is 4.79 Å². The van der Waals surface area contributed by atoms with Crippen molar-refractivity contribution in [2.75, 3.05) is 25.5 Å². The number of hydrogen-bond donors (Lipinski definition) is 1. The standard InChI is InChI=1S/C23H23N3O2/c1-26(2)19-7-3-6-18(13-19)23(27)25-15-20-14-17-5-4-8-21(22(17)28-20)16-9-11-24-12-10-16/h3-13,20H,14-15H2,1-2H3,(H,25,27). The smallest absolute Gasteiger partial charge is 0.251 e. The highest BCUT2D eigenvalue weighted by Gasteiger charge is 2.26. The van der Waals surface area contributed by atoms with Gasteiger partial charge in [-0.1, -0.05) is 24.3 Å². The molecule has 0 saturated heterocycles. The van der Waals surface area contributed by atoms with Gasteiger partial charge in [-0.25, -0.2) is 0 Å². The van der Waals surface area contributed by atoms with Crippen molar-refractivity contribution < 1.29 is 9.53 Å². The van der Waals surface area contributed by atoms with Gasteiger partial charge in [0.1, 0.15) is 11.9 Å². The third-order valence-electron chi connectivity index (χ3n) is 4.94. The number of nitrogens with zero attached hydrogens (tertiary/aromatic N) is 2. The van der Waals surface area contributed by atoms with Crippen LogP contribution in [0.1, 0.15) is 15.9 Å². The van der Waals surface area contributed by atoms with Crippen LogP contribution >= 0.6 is 0 Å². The molecule has 0 radical (unpaired) electrons. The summed E-state index contributed by atoms with van der Waals surface area (Å²) in [6.07, 6.45) is 4.28. The van der Waals surface area contributed by atoms with Crippen molar-refractivity contribution in [1.82, 2.24) is 10.3 Å². The second-order valence-corrected chi connectivity index (χ2v) is 7.13. The molecule has 0 aliphatic carbocycles. The third-order valence-corrected chi connectivity index (χ3v) is 4.94. The lowest BCUT2D eigenvalue weighted by atomic mass is 10.0. The number of carbonyl (C=O) groups excluding carboxylic acids is 1. The van der Waals surface area contributed by atoms with E-state index in [4.69, 9.17) is 4.74 Å². The van der Waals surface area contributed by atoms with Gasteiger partial charge < -0.3 is 15.0 Å². The number of anilines is 1. The van der Waals surface area contributed by atoms with Crippen LogP contribution in [0.25, 0.3) is 11.1 Å². The Bertz CT molecular complexity index is 986. The third kappa shape index (κ3) is 3.69. The summed E-state index contributed by atoms with van der Waals surface area (Å²) < 4.78 is 6.20. The summed E-state index contributed by atoms with van der Waals surface area (Å²) >= 11 is 0. The average Bonchev–Trinajstić information content (AvgIpc) is 3.16. The molecule has 0 saturated carbocycles. The SMILES string of the molecule is CN(C)c1cccc(C(=O)NCC2Cc3cccc(-c4ccncc4)c3O2)c1. The first-order chi connectivity index (χ1) is 13.6. The minimum absolute atomic E-state index is 0.0704. The van der Waals surface area contributed by atoms with Gasteiger partial charge in [-0.3, -0.25) is 9.78 Å². The fourth-order valence-electron chi connectivity index (χ4n) is 3.44. The summed E-state index contributed by atoms with van der Waals surface area (Å²) in [7, 11) is 3.92. The number of rotatable bonds is 5. The van der Waals surface area contributed by atoms with Gasteiger partial charge in [-0.15, -0.1) is 0 Å². The van der Waals surface area contributed by atoms with Gasteiger partial charge >= 0.3 is 0 Å². The zero-order valence-corrected chi connectivity index (χ0v) is 16.1. The normalized spacial score (nSPS) is 14.9. The quantitative estimate of drug-likeness (QED) is 0.743. The summed E-state index contributed by atoms with van der Waals surface area (Å²) in [4.78, 5) is 18.6. The van der Waals surface area contributed by atoms with Gasteiger partial charge in [0.05, 0.1) is 6.54 Å². The molecular weight excluding hydrogens is 350 g/mol. The van der Waals surface area contributed by atoms with Gasteiger partial charge in [0.2, 0.25) is 0 Å². The highest BCUT2D eigenvalue weighted by molar-refractivity contribution is 5.95. The average molecular weight is 373 g/mol. The summed E-state index contributed by atoms with van der Waals surface area (Å²) in [6.45, 7) is 0.468. The number of para-hydroxylation sites is 1. The van der Waals surface area contributed by atoms with Crippen molar-refractivity contribution in [1.29, 1.82) is 0 Å². The van der Waals surface area contributed by atoms with Crippen molar-refractivity contribution in [2.45, 2.75) is 12.5 Å². The zero-order valence-electron chi connectivity index (χ0n) is 16.1. The number of nitrogens with one attached hydrogen (secondary N) is 1. The molecule has 1 atom stereocenters. The lowest BCUT2D eigenvalue weighted by molar-refractivity contribution is 0.0933. The molecular formula is C23H23N3O2. The predicted octanol–water partition coefficient (Wildman–Crippen LogP) is 3.55. The molecule has 0 bridgehead atoms. The van der Waals surface area contributed by atoms with Crippen LogP contribution in [0, 0.1) is 0 Å². The molecule has 142 valence electrons. The molecule has 1 aromatic heterocycles. The van der Waals surface area contributed by atoms with Crippen LogP contribution in [0.2, 0.25) is 0 Å². The largest absolute Gasteiger partial charge is 0.487 e. The first kappa shape index (κ1) is 18.0. The second-order valence-electron chi connectivity index (χ2n) is 7.13. The number of ether oxygens (including phenoxy) is 1. The predicted molar refractivity (Wildman–Crippen MR) is 111 cm³/mol. The van der Waals surface area contributed by atoms with Gasteiger partial charge in [0, 0.05) is 49.7 Å². The van der Waals surface area contributed by atoms with E-state index in [1.807, 2.05) is 61.5 Å². The first-order valence-corrected chi connectivity index (χ1v) is 9.36. The maximum Gasteiger partial charge on any atom is 0.251 e. The molecule has 0 spiro atoms. The van der Waals surface area contributed by atoms with Gasteiger partial charge in [0.25, 0.3) is 5.91 Å². The van der Waals surface area contributed by atoms with Crippen LogP contribution in [0.5, 0.6) is 5.75 Å². The van der Waals surface area contributed by atoms with E-state index in [0.717, 1.165) is 29.0 Å². The van der Waals surface area contributed by atoms with E-state index >= 15 is 0 Å². The lowest BCUT2D eigenvalue weighted by Crippen LogP contribution is -2.34. The molecule has 1 N–H and O–H groups in total. The van der Waals surface area contributed by atoms with Crippen molar-refractivity contribution in [3.05, 3.63) is 78.1 Å². The molecule has 2 aromatic carbocycles. The molecule has 4 rings (SSSR count).